The number of halogens is 2. The molecule has 0 aliphatic rings. The number of benzene rings is 3. The topological polar surface area (TPSA) is 45.3 Å². The Morgan fingerprint density at radius 2 is 1.74 bits per heavy atom. The first-order valence-electron chi connectivity index (χ1n) is 9.99. The van der Waals surface area contributed by atoms with Crippen molar-refractivity contribution in [1.29, 1.82) is 0 Å². The highest BCUT2D eigenvalue weighted by Gasteiger charge is 2.15. The van der Waals surface area contributed by atoms with Crippen LogP contribution in [0.15, 0.2) is 65.5 Å². The van der Waals surface area contributed by atoms with Crippen molar-refractivity contribution in [2.24, 2.45) is 0 Å². The largest absolute Gasteiger partial charge is 0.454 e. The number of fused-ring (bicyclic) bond motifs is 1. The average Bonchev–Trinajstić information content (AvgIpc) is 2.77. The molecule has 0 amide bonds. The van der Waals surface area contributed by atoms with Gasteiger partial charge >= 0.3 is 0 Å². The molecule has 31 heavy (non-hydrogen) atoms. The zero-order chi connectivity index (χ0) is 22.1. The molecule has 1 N–H and O–H groups in total. The number of H-pyrrole nitrogens is 1. The molecule has 0 atom stereocenters. The highest BCUT2D eigenvalue weighted by Crippen LogP contribution is 2.31. The minimum absolute atomic E-state index is 0.00124. The van der Waals surface area contributed by atoms with Crippen LogP contribution in [-0.2, 0) is 0 Å². The molecule has 0 aliphatic heterocycles. The number of rotatable bonds is 5. The summed E-state index contributed by atoms with van der Waals surface area (Å²) in [5, 5.41) is 0.00124. The molecule has 6 heteroatoms. The highest BCUT2D eigenvalue weighted by atomic mass is 19.1. The van der Waals surface area contributed by atoms with E-state index >= 15 is 0 Å². The fraction of sp³-hybridized carbons (Fsp3) is 0.160. The Morgan fingerprint density at radius 3 is 2.42 bits per heavy atom. The summed E-state index contributed by atoms with van der Waals surface area (Å²) < 4.78 is 34.6. The second kappa shape index (κ2) is 8.22. The van der Waals surface area contributed by atoms with Gasteiger partial charge in [0.1, 0.15) is 11.6 Å². The lowest BCUT2D eigenvalue weighted by atomic mass is 10.0. The maximum absolute atomic E-state index is 14.8. The number of nitrogens with zero attached hydrogens (tertiary/aromatic N) is 1. The second-order valence-corrected chi connectivity index (χ2v) is 7.37. The fourth-order valence-electron chi connectivity index (χ4n) is 3.49. The molecule has 0 radical (unpaired) electrons. The molecular weight excluding hydrogens is 398 g/mol. The van der Waals surface area contributed by atoms with Gasteiger partial charge in [-0.2, -0.15) is 0 Å². The van der Waals surface area contributed by atoms with Crippen molar-refractivity contribution in [3.05, 3.63) is 88.1 Å². The van der Waals surface area contributed by atoms with Crippen molar-refractivity contribution >= 4 is 16.6 Å². The van der Waals surface area contributed by atoms with Gasteiger partial charge < -0.3 is 14.6 Å². The van der Waals surface area contributed by atoms with Gasteiger partial charge in [0.05, 0.1) is 16.6 Å². The minimum atomic E-state index is -0.584. The normalized spacial score (nSPS) is 11.0. The summed E-state index contributed by atoms with van der Waals surface area (Å²) in [6, 6.07) is 16.3. The molecule has 0 saturated heterocycles. The van der Waals surface area contributed by atoms with E-state index in [-0.39, 0.29) is 11.1 Å². The molecule has 4 nitrogen and oxygen atoms in total. The highest BCUT2D eigenvalue weighted by molar-refractivity contribution is 5.83. The zero-order valence-corrected chi connectivity index (χ0v) is 17.5. The van der Waals surface area contributed by atoms with Crippen molar-refractivity contribution in [2.75, 3.05) is 18.5 Å². The SMILES string of the molecule is CCN(C)c1ccc(Oc2ccc(-c3[nH]c4cccc(F)c4c(=O)c3C)cc2F)cc1. The van der Waals surface area contributed by atoms with Gasteiger partial charge in [-0.05, 0) is 68.4 Å². The number of ether oxygens (including phenoxy) is 1. The Balaban J connectivity index is 1.67. The third kappa shape index (κ3) is 3.89. The van der Waals surface area contributed by atoms with Crippen molar-refractivity contribution in [1.82, 2.24) is 4.98 Å². The Bertz CT molecular complexity index is 1310. The third-order valence-corrected chi connectivity index (χ3v) is 5.42. The van der Waals surface area contributed by atoms with Crippen LogP contribution in [0.2, 0.25) is 0 Å². The van der Waals surface area contributed by atoms with Gasteiger partial charge in [-0.3, -0.25) is 4.79 Å². The van der Waals surface area contributed by atoms with E-state index in [1.54, 1.807) is 31.2 Å². The van der Waals surface area contributed by atoms with Gasteiger partial charge in [0, 0.05) is 30.4 Å². The van der Waals surface area contributed by atoms with Gasteiger partial charge in [-0.1, -0.05) is 6.07 Å². The van der Waals surface area contributed by atoms with Crippen molar-refractivity contribution in [2.45, 2.75) is 13.8 Å². The molecule has 1 aromatic heterocycles. The Labute approximate surface area is 178 Å². The molecule has 0 saturated carbocycles. The summed E-state index contributed by atoms with van der Waals surface area (Å²) in [4.78, 5) is 17.8. The van der Waals surface area contributed by atoms with E-state index in [4.69, 9.17) is 4.74 Å². The predicted molar refractivity (Wildman–Crippen MR) is 120 cm³/mol. The van der Waals surface area contributed by atoms with Crippen LogP contribution in [0, 0.1) is 18.6 Å². The summed E-state index contributed by atoms with van der Waals surface area (Å²) in [5.41, 5.74) is 2.23. The van der Waals surface area contributed by atoms with E-state index in [0.29, 0.717) is 28.1 Å². The summed E-state index contributed by atoms with van der Waals surface area (Å²) >= 11 is 0. The van der Waals surface area contributed by atoms with Crippen molar-refractivity contribution in [3.8, 4) is 22.8 Å². The molecule has 3 aromatic carbocycles. The van der Waals surface area contributed by atoms with Crippen LogP contribution in [-0.4, -0.2) is 18.6 Å². The van der Waals surface area contributed by atoms with Crippen LogP contribution in [0.25, 0.3) is 22.2 Å². The number of pyridine rings is 1. The number of aromatic amines is 1. The molecule has 1 heterocycles. The van der Waals surface area contributed by atoms with Gasteiger partial charge in [-0.25, -0.2) is 8.78 Å². The first-order valence-corrected chi connectivity index (χ1v) is 9.99. The molecule has 0 spiro atoms. The fourth-order valence-corrected chi connectivity index (χ4v) is 3.49. The quantitative estimate of drug-likeness (QED) is 0.429. The molecule has 0 fully saturated rings. The third-order valence-electron chi connectivity index (χ3n) is 5.42. The predicted octanol–water partition coefficient (Wildman–Crippen LogP) is 6.03. The second-order valence-electron chi connectivity index (χ2n) is 7.37. The lowest BCUT2D eigenvalue weighted by Gasteiger charge is -2.17. The maximum atomic E-state index is 14.8. The van der Waals surface area contributed by atoms with E-state index in [9.17, 15) is 13.6 Å². The lowest BCUT2D eigenvalue weighted by molar-refractivity contribution is 0.442. The van der Waals surface area contributed by atoms with Gasteiger partial charge in [0.25, 0.3) is 0 Å². The number of anilines is 1. The number of nitrogens with one attached hydrogen (secondary N) is 1. The first-order chi connectivity index (χ1) is 14.9. The molecule has 158 valence electrons. The van der Waals surface area contributed by atoms with Crippen LogP contribution in [0.1, 0.15) is 12.5 Å². The van der Waals surface area contributed by atoms with E-state index in [2.05, 4.69) is 16.8 Å². The lowest BCUT2D eigenvalue weighted by Crippen LogP contribution is -2.15. The Hall–Kier alpha value is -3.67. The Morgan fingerprint density at radius 1 is 1.00 bits per heavy atom. The van der Waals surface area contributed by atoms with Gasteiger partial charge in [0.2, 0.25) is 0 Å². The molecular formula is C25H22F2N2O2. The van der Waals surface area contributed by atoms with E-state index < -0.39 is 17.1 Å². The van der Waals surface area contributed by atoms with Crippen LogP contribution in [0.3, 0.4) is 0 Å². The number of hydrogen-bond donors (Lipinski definition) is 1. The number of hydrogen-bond acceptors (Lipinski definition) is 3. The van der Waals surface area contributed by atoms with Crippen LogP contribution < -0.4 is 15.1 Å². The zero-order valence-electron chi connectivity index (χ0n) is 17.5. The molecule has 0 aliphatic carbocycles. The minimum Gasteiger partial charge on any atom is -0.454 e. The van der Waals surface area contributed by atoms with E-state index in [1.165, 1.54) is 24.3 Å². The first kappa shape index (κ1) is 20.6. The maximum Gasteiger partial charge on any atom is 0.195 e. The summed E-state index contributed by atoms with van der Waals surface area (Å²) in [6.07, 6.45) is 0. The van der Waals surface area contributed by atoms with Crippen LogP contribution in [0.4, 0.5) is 14.5 Å². The average molecular weight is 420 g/mol. The molecule has 0 bridgehead atoms. The summed E-state index contributed by atoms with van der Waals surface area (Å²) in [7, 11) is 1.99. The molecule has 4 aromatic rings. The molecule has 0 unspecified atom stereocenters. The standard InChI is InChI=1S/C25H22F2N2O2/c1-4-29(3)17-9-11-18(12-10-17)31-22-13-8-16(14-20(22)27)24-15(2)25(30)23-19(26)6-5-7-21(23)28-24/h5-14H,4H2,1-3H3,(H,28,30). The monoisotopic (exact) mass is 420 g/mol. The van der Waals surface area contributed by atoms with E-state index in [1.807, 2.05) is 19.2 Å². The van der Waals surface area contributed by atoms with Crippen LogP contribution >= 0.6 is 0 Å². The van der Waals surface area contributed by atoms with Crippen LogP contribution in [0.5, 0.6) is 11.5 Å². The summed E-state index contributed by atoms with van der Waals surface area (Å²) in [6.45, 7) is 4.53. The Kier molecular flexibility index (Phi) is 5.46. The van der Waals surface area contributed by atoms with E-state index in [0.717, 1.165) is 12.2 Å². The molecule has 4 rings (SSSR count). The number of aromatic nitrogens is 1. The summed E-state index contributed by atoms with van der Waals surface area (Å²) in [5.74, 6) is -0.552. The smallest absolute Gasteiger partial charge is 0.195 e. The van der Waals surface area contributed by atoms with Crippen molar-refractivity contribution in [3.63, 3.8) is 0 Å². The van der Waals surface area contributed by atoms with Gasteiger partial charge in [-0.15, -0.1) is 0 Å². The van der Waals surface area contributed by atoms with Crippen molar-refractivity contribution < 1.29 is 13.5 Å². The van der Waals surface area contributed by atoms with Gasteiger partial charge in [0.15, 0.2) is 17.0 Å².